The molecule has 0 bridgehead atoms. The summed E-state index contributed by atoms with van der Waals surface area (Å²) in [6.45, 7) is 4.61. The molecule has 7 rings (SSSR count). The van der Waals surface area contributed by atoms with Gasteiger partial charge in [-0.2, -0.15) is 0 Å². The molecule has 2 heteroatoms. The van der Waals surface area contributed by atoms with Crippen LogP contribution in [0.1, 0.15) is 28.7 Å². The van der Waals surface area contributed by atoms with Gasteiger partial charge in [-0.15, -0.1) is 11.3 Å². The number of hydrogen-bond donors (Lipinski definition) is 1. The van der Waals surface area contributed by atoms with Gasteiger partial charge >= 0.3 is 0 Å². The zero-order valence-corrected chi connectivity index (χ0v) is 22.2. The number of fused-ring (bicyclic) bond motifs is 4. The Morgan fingerprint density at radius 1 is 0.667 bits per heavy atom. The fourth-order valence-corrected chi connectivity index (χ4v) is 6.92. The van der Waals surface area contributed by atoms with Crippen LogP contribution in [0.5, 0.6) is 5.75 Å². The monoisotopic (exact) mass is 518 g/mol. The second-order valence-corrected chi connectivity index (χ2v) is 10.9. The molecule has 1 aliphatic rings. The van der Waals surface area contributed by atoms with E-state index in [0.717, 1.165) is 33.2 Å². The second-order valence-electron chi connectivity index (χ2n) is 9.92. The number of benzene rings is 5. The van der Waals surface area contributed by atoms with Gasteiger partial charge in [0.15, 0.2) is 0 Å². The highest BCUT2D eigenvalue weighted by Crippen LogP contribution is 2.45. The van der Waals surface area contributed by atoms with Gasteiger partial charge in [-0.25, -0.2) is 0 Å². The van der Waals surface area contributed by atoms with Gasteiger partial charge in [0.05, 0.1) is 4.70 Å². The van der Waals surface area contributed by atoms with Crippen LogP contribution in [0.4, 0.5) is 0 Å². The summed E-state index contributed by atoms with van der Waals surface area (Å²) in [5.41, 5.74) is 8.08. The Kier molecular flexibility index (Phi) is 5.76. The van der Waals surface area contributed by atoms with Gasteiger partial charge in [0.25, 0.3) is 0 Å². The second kappa shape index (κ2) is 9.58. The molecule has 1 aliphatic carbocycles. The topological polar surface area (TPSA) is 20.2 Å². The Balaban J connectivity index is 1.47. The summed E-state index contributed by atoms with van der Waals surface area (Å²) < 4.78 is 2.11. The molecular weight excluding hydrogens is 492 g/mol. The Morgan fingerprint density at radius 2 is 1.38 bits per heavy atom. The number of aromatic hydroxyl groups is 1. The number of allylic oxidation sites excluding steroid dienone is 5. The minimum atomic E-state index is 0.333. The van der Waals surface area contributed by atoms with E-state index in [1.165, 1.54) is 43.1 Å². The van der Waals surface area contributed by atoms with Crippen LogP contribution in [0, 0.1) is 0 Å². The largest absolute Gasteiger partial charge is 0.506 e. The molecule has 0 unspecified atom stereocenters. The Morgan fingerprint density at radius 3 is 2.21 bits per heavy atom. The third kappa shape index (κ3) is 4.01. The molecule has 0 saturated carbocycles. The molecule has 1 aromatic heterocycles. The van der Waals surface area contributed by atoms with Crippen molar-refractivity contribution in [2.75, 3.05) is 0 Å². The number of thiophene rings is 1. The van der Waals surface area contributed by atoms with Crippen LogP contribution in [-0.4, -0.2) is 5.11 Å². The highest BCUT2D eigenvalue weighted by atomic mass is 32.1. The van der Waals surface area contributed by atoms with Gasteiger partial charge in [0.2, 0.25) is 0 Å². The zero-order chi connectivity index (χ0) is 26.3. The Labute approximate surface area is 232 Å². The molecule has 0 atom stereocenters. The molecule has 1 heterocycles. The molecule has 0 aliphatic heterocycles. The van der Waals surface area contributed by atoms with Crippen LogP contribution in [0.15, 0.2) is 140 Å². The first-order valence-corrected chi connectivity index (χ1v) is 14.0. The van der Waals surface area contributed by atoms with Crippen LogP contribution in [0.25, 0.3) is 42.1 Å². The smallest absolute Gasteiger partial charge is 0.133 e. The highest BCUT2D eigenvalue weighted by Gasteiger charge is 2.20. The number of phenols is 1. The van der Waals surface area contributed by atoms with Crippen molar-refractivity contribution in [3.63, 3.8) is 0 Å². The van der Waals surface area contributed by atoms with Gasteiger partial charge in [-0.1, -0.05) is 122 Å². The van der Waals surface area contributed by atoms with Crippen molar-refractivity contribution in [1.29, 1.82) is 0 Å². The van der Waals surface area contributed by atoms with Crippen LogP contribution in [-0.2, 0) is 0 Å². The summed E-state index contributed by atoms with van der Waals surface area (Å²) in [7, 11) is 0. The lowest BCUT2D eigenvalue weighted by Gasteiger charge is -2.20. The van der Waals surface area contributed by atoms with E-state index in [1.54, 1.807) is 17.4 Å². The Hall–Kier alpha value is -4.66. The molecule has 186 valence electrons. The maximum Gasteiger partial charge on any atom is 0.133 e. The third-order valence-electron chi connectivity index (χ3n) is 7.60. The minimum Gasteiger partial charge on any atom is -0.506 e. The van der Waals surface area contributed by atoms with Crippen molar-refractivity contribution in [2.24, 2.45) is 0 Å². The standard InChI is InChI=1S/C37H26OS/c1-24(27-22-21-25-11-5-6-14-28(25)23-27)29-15-7-8-16-30(29)35(26-12-3-2-4-13-26)33-19-9-17-31-32-18-10-20-34(38)37(32)39-36(31)33/h2-12,14-23,38H,1,13H2/b35-26+. The van der Waals surface area contributed by atoms with E-state index in [2.05, 4.69) is 122 Å². The summed E-state index contributed by atoms with van der Waals surface area (Å²) >= 11 is 1.67. The average molecular weight is 519 g/mol. The molecule has 0 fully saturated rings. The van der Waals surface area contributed by atoms with Gasteiger partial charge in [0.1, 0.15) is 5.75 Å². The van der Waals surface area contributed by atoms with Crippen LogP contribution < -0.4 is 0 Å². The molecule has 5 aromatic carbocycles. The quantitative estimate of drug-likeness (QED) is 0.246. The molecule has 39 heavy (non-hydrogen) atoms. The van der Waals surface area contributed by atoms with Crippen molar-refractivity contribution in [3.8, 4) is 5.75 Å². The summed E-state index contributed by atoms with van der Waals surface area (Å²) in [5, 5.41) is 15.3. The van der Waals surface area contributed by atoms with E-state index in [-0.39, 0.29) is 0 Å². The lowest BCUT2D eigenvalue weighted by Crippen LogP contribution is -2.00. The first-order valence-electron chi connectivity index (χ1n) is 13.2. The maximum atomic E-state index is 10.7. The SMILES string of the molecule is C=C(c1ccc2ccccc2c1)c1ccccc1/C(=C1/C=CC=CC1)c1cccc2c1sc1c(O)cccc12. The number of phenolic OH excluding ortho intramolecular Hbond substituents is 1. The normalized spacial score (nSPS) is 14.4. The molecule has 0 amide bonds. The van der Waals surface area contributed by atoms with Crippen LogP contribution in [0.2, 0.25) is 0 Å². The van der Waals surface area contributed by atoms with Crippen LogP contribution >= 0.6 is 11.3 Å². The first-order chi connectivity index (χ1) is 19.2. The van der Waals surface area contributed by atoms with Gasteiger partial charge < -0.3 is 5.11 Å². The summed E-state index contributed by atoms with van der Waals surface area (Å²) in [6.07, 6.45) is 9.53. The summed E-state index contributed by atoms with van der Waals surface area (Å²) in [5.74, 6) is 0.333. The van der Waals surface area contributed by atoms with Gasteiger partial charge in [0, 0.05) is 21.0 Å². The molecule has 1 nitrogen and oxygen atoms in total. The average Bonchev–Trinajstić information content (AvgIpc) is 3.38. The van der Waals surface area contributed by atoms with E-state index >= 15 is 0 Å². The van der Waals surface area contributed by atoms with E-state index in [4.69, 9.17) is 0 Å². The van der Waals surface area contributed by atoms with Crippen molar-refractivity contribution in [1.82, 2.24) is 0 Å². The lowest BCUT2D eigenvalue weighted by molar-refractivity contribution is 0.482. The predicted octanol–water partition coefficient (Wildman–Crippen LogP) is 10.3. The highest BCUT2D eigenvalue weighted by molar-refractivity contribution is 7.26. The summed E-state index contributed by atoms with van der Waals surface area (Å²) in [4.78, 5) is 0. The fraction of sp³-hybridized carbons (Fsp3) is 0.0270. The van der Waals surface area contributed by atoms with Crippen molar-refractivity contribution in [2.45, 2.75) is 6.42 Å². The zero-order valence-electron chi connectivity index (χ0n) is 21.4. The van der Waals surface area contributed by atoms with Crippen molar-refractivity contribution in [3.05, 3.63) is 162 Å². The predicted molar refractivity (Wildman–Crippen MR) is 168 cm³/mol. The van der Waals surface area contributed by atoms with Crippen molar-refractivity contribution < 1.29 is 5.11 Å². The third-order valence-corrected chi connectivity index (χ3v) is 8.87. The molecular formula is C37H26OS. The van der Waals surface area contributed by atoms with E-state index in [0.29, 0.717) is 5.75 Å². The first kappa shape index (κ1) is 23.5. The summed E-state index contributed by atoms with van der Waals surface area (Å²) in [6, 6.07) is 36.0. The number of hydrogen-bond acceptors (Lipinski definition) is 2. The fourth-order valence-electron chi connectivity index (χ4n) is 5.69. The number of rotatable bonds is 4. The molecule has 0 saturated heterocycles. The van der Waals surface area contributed by atoms with E-state index < -0.39 is 0 Å². The molecule has 0 spiro atoms. The van der Waals surface area contributed by atoms with E-state index in [9.17, 15) is 5.11 Å². The van der Waals surface area contributed by atoms with Gasteiger partial charge in [-0.05, 0) is 62.7 Å². The molecule has 1 N–H and O–H groups in total. The molecule has 0 radical (unpaired) electrons. The van der Waals surface area contributed by atoms with Gasteiger partial charge in [-0.3, -0.25) is 0 Å². The lowest BCUT2D eigenvalue weighted by atomic mass is 9.84. The molecule has 6 aromatic rings. The van der Waals surface area contributed by atoms with Crippen molar-refractivity contribution >= 4 is 53.4 Å². The maximum absolute atomic E-state index is 10.7. The van der Waals surface area contributed by atoms with E-state index in [1.807, 2.05) is 6.07 Å². The van der Waals surface area contributed by atoms with Crippen LogP contribution in [0.3, 0.4) is 0 Å². The minimum absolute atomic E-state index is 0.333. The Bertz CT molecular complexity index is 2010.